The quantitative estimate of drug-likeness (QED) is 0.130. The fourth-order valence-corrected chi connectivity index (χ4v) is 5.59. The summed E-state index contributed by atoms with van der Waals surface area (Å²) < 4.78 is 44.6. The second-order valence-electron chi connectivity index (χ2n) is 9.76. The molecule has 2 heterocycles. The Kier molecular flexibility index (Phi) is 7.58. The number of aryl methyl sites for hydroxylation is 1. The van der Waals surface area contributed by atoms with E-state index in [1.165, 1.54) is 0 Å². The van der Waals surface area contributed by atoms with Gasteiger partial charge in [-0.25, -0.2) is 20.0 Å². The van der Waals surface area contributed by atoms with Crippen LogP contribution in [-0.4, -0.2) is 51.7 Å². The molecule has 2 aliphatic rings. The van der Waals surface area contributed by atoms with Gasteiger partial charge in [-0.1, -0.05) is 37.0 Å². The van der Waals surface area contributed by atoms with Gasteiger partial charge in [-0.15, -0.1) is 0 Å². The number of guanidine groups is 1. The normalized spacial score (nSPS) is 20.9. The van der Waals surface area contributed by atoms with Crippen molar-refractivity contribution < 1.29 is 23.0 Å². The van der Waals surface area contributed by atoms with Crippen molar-refractivity contribution in [3.8, 4) is 0 Å². The molecule has 37 heavy (non-hydrogen) atoms. The molecule has 1 aliphatic carbocycles. The highest BCUT2D eigenvalue weighted by molar-refractivity contribution is 6.00. The van der Waals surface area contributed by atoms with Crippen LogP contribution < -0.4 is 11.2 Å². The molecule has 9 nitrogen and oxygen atoms in total. The largest absolute Gasteiger partial charge is 0.460 e. The minimum absolute atomic E-state index is 0.0293. The van der Waals surface area contributed by atoms with Crippen LogP contribution >= 0.6 is 0 Å². The molecule has 1 aliphatic heterocycles. The van der Waals surface area contributed by atoms with Gasteiger partial charge in [0.25, 0.3) is 5.96 Å². The number of halogens is 3. The molecule has 1 aromatic heterocycles. The smallest absolute Gasteiger partial charge is 0.365 e. The van der Waals surface area contributed by atoms with Crippen molar-refractivity contribution in [2.75, 3.05) is 13.1 Å². The number of hydrogen-bond acceptors (Lipinski definition) is 5. The van der Waals surface area contributed by atoms with Crippen LogP contribution in [0.25, 0.3) is 16.5 Å². The predicted molar refractivity (Wildman–Crippen MR) is 134 cm³/mol. The Labute approximate surface area is 212 Å². The minimum atomic E-state index is -4.57. The van der Waals surface area contributed by atoms with Gasteiger partial charge in [0.05, 0.1) is 0 Å². The molecule has 3 N–H and O–H groups in total. The second kappa shape index (κ2) is 10.5. The average Bonchev–Trinajstić information content (AvgIpc) is 3.15. The molecule has 0 radical (unpaired) electrons. The molecule has 200 valence electrons. The Bertz CT molecular complexity index is 1250. The average molecular weight is 521 g/mol. The number of hydrogen-bond donors (Lipinski definition) is 2. The van der Waals surface area contributed by atoms with Gasteiger partial charge in [0, 0.05) is 55.6 Å². The van der Waals surface area contributed by atoms with Gasteiger partial charge in [-0.05, 0) is 47.9 Å². The Morgan fingerprint density at radius 1 is 1.38 bits per heavy atom. The molecule has 0 unspecified atom stereocenters. The summed E-state index contributed by atoms with van der Waals surface area (Å²) in [6.07, 6.45) is 1.34. The Morgan fingerprint density at radius 3 is 2.81 bits per heavy atom. The number of nitrogens with zero attached hydrogens (tertiary/aromatic N) is 4. The number of aliphatic imine (C=N–C) groups is 1. The number of carbonyl (C=O) groups is 1. The van der Waals surface area contributed by atoms with Crippen LogP contribution in [0.5, 0.6) is 0 Å². The van der Waals surface area contributed by atoms with Gasteiger partial charge in [0.1, 0.15) is 5.78 Å². The van der Waals surface area contributed by atoms with Crippen molar-refractivity contribution in [3.05, 3.63) is 51.7 Å². The molecular weight excluding hydrogens is 489 g/mol. The van der Waals surface area contributed by atoms with E-state index in [4.69, 9.17) is 5.73 Å². The van der Waals surface area contributed by atoms with Crippen molar-refractivity contribution in [1.29, 1.82) is 0 Å². The molecule has 2 aromatic rings. The fraction of sp³-hybridized carbons (Fsp3) is 0.520. The maximum Gasteiger partial charge on any atom is 0.460 e. The third-order valence-electron chi connectivity index (χ3n) is 7.39. The summed E-state index contributed by atoms with van der Waals surface area (Å²) in [5, 5.41) is 10.5. The number of hydrazine groups is 1. The van der Waals surface area contributed by atoms with Crippen LogP contribution in [0.2, 0.25) is 0 Å². The number of carbonyl (C=O) groups excluding carboxylic acids is 1. The zero-order valence-electron chi connectivity index (χ0n) is 20.8. The molecule has 0 spiro atoms. The van der Waals surface area contributed by atoms with E-state index >= 15 is 0 Å². The number of ketones is 1. The van der Waals surface area contributed by atoms with Gasteiger partial charge >= 0.3 is 6.30 Å². The zero-order valence-corrected chi connectivity index (χ0v) is 20.8. The third-order valence-corrected chi connectivity index (χ3v) is 7.39. The molecular formula is C25H31F3N6O3. The first-order valence-corrected chi connectivity index (χ1v) is 12.4. The van der Waals surface area contributed by atoms with E-state index in [1.54, 1.807) is 11.5 Å². The standard InChI is InChI=1S/C25H31F3N6O3/c1-3-15(6-5-9-30-24(29)31-34(36)37)10-22(35)16-11-19-18-7-4-8-20-23(18)17(13-32(20)2)12-21(19)33(14-16)25(26,27)28/h4,7-8,11,13,15-16,21H,3,5-6,9-10,12,14H2,1-2H3,(H3,29,30,31)/t15-,16-,21-/m1/s1. The van der Waals surface area contributed by atoms with E-state index in [0.29, 0.717) is 29.7 Å². The lowest BCUT2D eigenvalue weighted by Crippen LogP contribution is -2.53. The van der Waals surface area contributed by atoms with Crippen LogP contribution in [0.1, 0.15) is 43.7 Å². The summed E-state index contributed by atoms with van der Waals surface area (Å²) >= 11 is 0. The number of nitrogens with two attached hydrogens (primary N) is 1. The van der Waals surface area contributed by atoms with Crippen molar-refractivity contribution in [2.45, 2.75) is 51.4 Å². The van der Waals surface area contributed by atoms with E-state index in [-0.39, 0.29) is 37.0 Å². The molecule has 1 aromatic carbocycles. The van der Waals surface area contributed by atoms with Crippen molar-refractivity contribution in [1.82, 2.24) is 14.9 Å². The van der Waals surface area contributed by atoms with E-state index in [2.05, 4.69) is 4.99 Å². The lowest BCUT2D eigenvalue weighted by atomic mass is 9.78. The van der Waals surface area contributed by atoms with E-state index < -0.39 is 29.8 Å². The van der Waals surface area contributed by atoms with Gasteiger partial charge in [0.2, 0.25) is 0 Å². The summed E-state index contributed by atoms with van der Waals surface area (Å²) in [4.78, 5) is 28.1. The lowest BCUT2D eigenvalue weighted by Gasteiger charge is -2.42. The Balaban J connectivity index is 1.53. The first kappa shape index (κ1) is 26.6. The molecule has 3 atom stereocenters. The number of fused-ring (bicyclic) bond motifs is 2. The highest BCUT2D eigenvalue weighted by Gasteiger charge is 2.48. The monoisotopic (exact) mass is 520 g/mol. The number of aromatic nitrogens is 1. The van der Waals surface area contributed by atoms with Gasteiger partial charge < -0.3 is 10.3 Å². The van der Waals surface area contributed by atoms with Gasteiger partial charge in [-0.3, -0.25) is 4.79 Å². The number of rotatable bonds is 9. The predicted octanol–water partition coefficient (Wildman–Crippen LogP) is 3.80. The Hall–Kier alpha value is -3.41. The molecule has 0 amide bonds. The van der Waals surface area contributed by atoms with E-state index in [1.807, 2.05) is 42.9 Å². The summed E-state index contributed by atoms with van der Waals surface area (Å²) in [6, 6.07) is 4.78. The van der Waals surface area contributed by atoms with Crippen LogP contribution in [0.4, 0.5) is 13.2 Å². The van der Waals surface area contributed by atoms with Gasteiger partial charge in [0.15, 0.2) is 5.03 Å². The van der Waals surface area contributed by atoms with Crippen molar-refractivity contribution >= 4 is 28.2 Å². The minimum Gasteiger partial charge on any atom is -0.365 e. The lowest BCUT2D eigenvalue weighted by molar-refractivity contribution is -0.525. The van der Waals surface area contributed by atoms with Crippen molar-refractivity contribution in [2.24, 2.45) is 29.6 Å². The fourth-order valence-electron chi connectivity index (χ4n) is 5.59. The molecule has 0 fully saturated rings. The van der Waals surface area contributed by atoms with Crippen molar-refractivity contribution in [3.63, 3.8) is 0 Å². The zero-order chi connectivity index (χ0) is 26.9. The second-order valence-corrected chi connectivity index (χ2v) is 9.76. The molecule has 4 rings (SSSR count). The molecule has 12 heteroatoms. The number of benzene rings is 1. The highest BCUT2D eigenvalue weighted by Crippen LogP contribution is 2.45. The van der Waals surface area contributed by atoms with Crippen LogP contribution in [0, 0.1) is 22.0 Å². The topological polar surface area (TPSA) is 119 Å². The number of nitrogens with one attached hydrogen (secondary N) is 1. The van der Waals surface area contributed by atoms with Gasteiger partial charge in [-0.2, -0.15) is 13.2 Å². The molecule has 0 saturated heterocycles. The van der Waals surface area contributed by atoms with Crippen LogP contribution in [0.3, 0.4) is 0 Å². The summed E-state index contributed by atoms with van der Waals surface area (Å²) in [7, 11) is 1.89. The maximum absolute atomic E-state index is 14.2. The first-order chi connectivity index (χ1) is 17.5. The highest BCUT2D eigenvalue weighted by atomic mass is 19.4. The third kappa shape index (κ3) is 5.63. The summed E-state index contributed by atoms with van der Waals surface area (Å²) in [5.74, 6) is -1.40. The molecule has 0 bridgehead atoms. The number of Topliss-reactive ketones (excluding diaryl/α,β-unsaturated/α-hetero) is 1. The molecule has 0 saturated carbocycles. The maximum atomic E-state index is 14.2. The Morgan fingerprint density at radius 2 is 2.14 bits per heavy atom. The number of nitro groups is 1. The van der Waals surface area contributed by atoms with Crippen LogP contribution in [-0.2, 0) is 18.3 Å². The number of alkyl halides is 3. The van der Waals surface area contributed by atoms with Crippen LogP contribution in [0.15, 0.2) is 35.5 Å². The summed E-state index contributed by atoms with van der Waals surface area (Å²) in [6.45, 7) is 1.79. The SMILES string of the molecule is CC[C@H](CCCN=C(N)N[N+](=O)[O-])CC(=O)[C@@H]1C=C2c3cccc4c3c(cn4C)C[C@H]2N(C(F)(F)F)C1. The summed E-state index contributed by atoms with van der Waals surface area (Å²) in [5.41, 5.74) is 10.3. The first-order valence-electron chi connectivity index (χ1n) is 12.4. The van der Waals surface area contributed by atoms with E-state index in [9.17, 15) is 28.1 Å². The van der Waals surface area contributed by atoms with E-state index in [0.717, 1.165) is 22.0 Å².